The quantitative estimate of drug-likeness (QED) is 0.0785. The Morgan fingerprint density at radius 2 is 1.60 bits per heavy atom. The van der Waals surface area contributed by atoms with Gasteiger partial charge in [0.05, 0.1) is 5.71 Å². The van der Waals surface area contributed by atoms with Crippen LogP contribution in [0, 0.1) is 16.2 Å². The molecular weight excluding hydrogens is 771 g/mol. The van der Waals surface area contributed by atoms with Crippen LogP contribution < -0.4 is 9.75 Å². The maximum atomic E-state index is 9.15. The van der Waals surface area contributed by atoms with Crippen LogP contribution >= 0.6 is 23.1 Å². The van der Waals surface area contributed by atoms with Gasteiger partial charge in [-0.1, -0.05) is 155 Å². The first kappa shape index (κ1) is 42.4. The molecule has 3 aliphatic rings. The maximum absolute atomic E-state index is 9.15. The average molecular weight is 824 g/mol. The van der Waals surface area contributed by atoms with Crippen LogP contribution in [0.2, 0.25) is 0 Å². The van der Waals surface area contributed by atoms with Crippen molar-refractivity contribution in [1.82, 2.24) is 0 Å². The molecule has 7 heteroatoms. The summed E-state index contributed by atoms with van der Waals surface area (Å²) in [7, 11) is 0. The van der Waals surface area contributed by atoms with Crippen LogP contribution in [0.25, 0.3) is 21.7 Å². The van der Waals surface area contributed by atoms with Gasteiger partial charge in [0.25, 0.3) is 0 Å². The minimum Gasteiger partial charge on any atom is -0.283 e. The van der Waals surface area contributed by atoms with E-state index in [1.165, 1.54) is 46.4 Å². The van der Waals surface area contributed by atoms with E-state index < -0.39 is 0 Å². The normalized spacial score (nSPS) is 17.0. The number of hydrogen-bond donors (Lipinski definition) is 2. The number of nitrogens with one attached hydrogen (secondary N) is 2. The van der Waals surface area contributed by atoms with Crippen LogP contribution in [-0.2, 0) is 0 Å². The molecule has 0 unspecified atom stereocenters. The Labute approximate surface area is 363 Å². The van der Waals surface area contributed by atoms with E-state index in [0.29, 0.717) is 29.8 Å². The highest BCUT2D eigenvalue weighted by Gasteiger charge is 2.29. The molecule has 2 N–H and O–H groups in total. The lowest BCUT2D eigenvalue weighted by Gasteiger charge is -2.32. The summed E-state index contributed by atoms with van der Waals surface area (Å²) in [5.74, 6) is 0.626. The second-order valence-electron chi connectivity index (χ2n) is 15.8. The summed E-state index contributed by atoms with van der Waals surface area (Å²) in [4.78, 5) is 17.4. The second-order valence-corrected chi connectivity index (χ2v) is 18.0. The van der Waals surface area contributed by atoms with E-state index in [1.54, 1.807) is 17.4 Å². The molecule has 0 amide bonds. The minimum atomic E-state index is -0.00127. The first-order valence-corrected chi connectivity index (χ1v) is 22.5. The molecule has 0 spiro atoms. The van der Waals surface area contributed by atoms with Crippen LogP contribution in [0.15, 0.2) is 182 Å². The molecule has 7 rings (SSSR count). The van der Waals surface area contributed by atoms with E-state index in [9.17, 15) is 0 Å². The summed E-state index contributed by atoms with van der Waals surface area (Å²) in [5, 5.41) is 20.8. The van der Waals surface area contributed by atoms with Crippen molar-refractivity contribution in [3.8, 4) is 0 Å². The van der Waals surface area contributed by atoms with Gasteiger partial charge in [0, 0.05) is 36.9 Å². The summed E-state index contributed by atoms with van der Waals surface area (Å²) in [6.45, 7) is 15.0. The highest BCUT2D eigenvalue weighted by Crippen LogP contribution is 2.48. The van der Waals surface area contributed by atoms with Gasteiger partial charge in [-0.25, -0.2) is 15.0 Å². The van der Waals surface area contributed by atoms with E-state index in [1.807, 2.05) is 91.6 Å². The second kappa shape index (κ2) is 19.5. The van der Waals surface area contributed by atoms with E-state index in [2.05, 4.69) is 81.7 Å². The molecule has 4 aromatic rings. The zero-order valence-electron chi connectivity index (χ0n) is 34.9. The molecule has 2 heterocycles. The zero-order valence-corrected chi connectivity index (χ0v) is 36.6. The van der Waals surface area contributed by atoms with E-state index in [0.717, 1.165) is 55.4 Å². The number of thiophene rings is 1. The van der Waals surface area contributed by atoms with Gasteiger partial charge in [-0.15, -0.1) is 11.3 Å². The number of rotatable bonds is 13. The first-order chi connectivity index (χ1) is 29.1. The molecule has 0 fully saturated rings. The maximum Gasteiger partial charge on any atom is 0.161 e. The standard InChI is InChI=1S/C53H53N5S2/c1-6-37(33-42-34-53(4,5)45-28-15-17-31-48(45)59-42)20-18-29-46(39-21-10-8-11-22-39)57-50(54)36(3)32-38(7-2)51(55)58-52(40-23-12-9-13-24-40)56-35-41-25-19-27-44-43-26-14-16-30-47(43)60-49(41)44/h6,8-16,21-24,26-28,30,32-35,54-55H,1,3,7,17-20,25,29,31H2,2,4-5H3/b37-33+,38-32+,54-50?,55-51?,56-35+,57-46+,58-52-. The van der Waals surface area contributed by atoms with Crippen LogP contribution in [0.3, 0.4) is 0 Å². The van der Waals surface area contributed by atoms with Crippen molar-refractivity contribution in [3.63, 3.8) is 0 Å². The van der Waals surface area contributed by atoms with Crippen molar-refractivity contribution >= 4 is 74.3 Å². The lowest BCUT2D eigenvalue weighted by atomic mass is 9.80. The van der Waals surface area contributed by atoms with Gasteiger partial charge in [0.15, 0.2) is 11.7 Å². The summed E-state index contributed by atoms with van der Waals surface area (Å²) in [5.41, 5.74) is 7.55. The van der Waals surface area contributed by atoms with Gasteiger partial charge in [-0.05, 0) is 113 Å². The lowest BCUT2D eigenvalue weighted by molar-refractivity contribution is 0.583. The molecule has 1 aliphatic heterocycles. The number of amidine groups is 3. The molecule has 302 valence electrons. The number of benzene rings is 3. The molecule has 0 atom stereocenters. The molecule has 3 aromatic carbocycles. The van der Waals surface area contributed by atoms with Crippen molar-refractivity contribution in [2.75, 3.05) is 0 Å². The van der Waals surface area contributed by atoms with Crippen molar-refractivity contribution in [3.05, 3.63) is 188 Å². The number of aliphatic imine (C=N–C) groups is 3. The zero-order chi connectivity index (χ0) is 42.1. The Morgan fingerprint density at radius 3 is 2.35 bits per heavy atom. The Balaban J connectivity index is 1.09. The van der Waals surface area contributed by atoms with Gasteiger partial charge in [-0.2, -0.15) is 0 Å². The number of nitrogens with zero attached hydrogens (tertiary/aromatic N) is 3. The summed E-state index contributed by atoms with van der Waals surface area (Å²) in [6, 6.07) is 28.5. The number of allylic oxidation sites excluding steroid dienone is 8. The van der Waals surface area contributed by atoms with E-state index >= 15 is 0 Å². The Morgan fingerprint density at radius 1 is 0.867 bits per heavy atom. The van der Waals surface area contributed by atoms with E-state index in [4.69, 9.17) is 25.8 Å². The largest absolute Gasteiger partial charge is 0.283 e. The molecular formula is C53H53N5S2. The molecule has 0 saturated carbocycles. The third-order valence-electron chi connectivity index (χ3n) is 11.0. The highest BCUT2D eigenvalue weighted by molar-refractivity contribution is 8.07. The molecule has 60 heavy (non-hydrogen) atoms. The fourth-order valence-electron chi connectivity index (χ4n) is 7.78. The average Bonchev–Trinajstić information content (AvgIpc) is 3.66. The van der Waals surface area contributed by atoms with Gasteiger partial charge < -0.3 is 0 Å². The Kier molecular flexibility index (Phi) is 13.8. The van der Waals surface area contributed by atoms with Crippen molar-refractivity contribution in [1.29, 1.82) is 10.8 Å². The van der Waals surface area contributed by atoms with Crippen LogP contribution in [-0.4, -0.2) is 29.4 Å². The van der Waals surface area contributed by atoms with Crippen LogP contribution in [0.5, 0.6) is 0 Å². The number of thioether (sulfide) groups is 1. The topological polar surface area (TPSA) is 84.8 Å². The van der Waals surface area contributed by atoms with Crippen molar-refractivity contribution < 1.29 is 0 Å². The minimum absolute atomic E-state index is 0.00127. The summed E-state index contributed by atoms with van der Waals surface area (Å²) < 4.78 is 2.52. The molecule has 0 radical (unpaired) electrons. The summed E-state index contributed by atoms with van der Waals surface area (Å²) in [6.07, 6.45) is 24.3. The highest BCUT2D eigenvalue weighted by atomic mass is 32.2. The molecule has 0 bridgehead atoms. The van der Waals surface area contributed by atoms with Crippen LogP contribution in [0.1, 0.15) is 83.3 Å². The fourth-order valence-corrected chi connectivity index (χ4v) is 10.5. The predicted octanol–water partition coefficient (Wildman–Crippen LogP) is 13.0. The molecule has 0 saturated heterocycles. The molecule has 2 aliphatic carbocycles. The Hall–Kier alpha value is -5.76. The smallest absolute Gasteiger partial charge is 0.161 e. The van der Waals surface area contributed by atoms with Gasteiger partial charge in [-0.3, -0.25) is 10.8 Å². The fraction of sp³-hybridized carbons (Fsp3) is 0.226. The Bertz CT molecular complexity index is 2710. The first-order valence-electron chi connectivity index (χ1n) is 20.9. The number of fused-ring (bicyclic) bond motifs is 3. The van der Waals surface area contributed by atoms with E-state index in [-0.39, 0.29) is 17.1 Å². The van der Waals surface area contributed by atoms with Gasteiger partial charge >= 0.3 is 0 Å². The van der Waals surface area contributed by atoms with Crippen molar-refractivity contribution in [2.24, 2.45) is 20.4 Å². The molecule has 5 nitrogen and oxygen atoms in total. The lowest BCUT2D eigenvalue weighted by Crippen LogP contribution is -2.25. The summed E-state index contributed by atoms with van der Waals surface area (Å²) >= 11 is 3.70. The third-order valence-corrected chi connectivity index (χ3v) is 13.4. The van der Waals surface area contributed by atoms with Crippen LogP contribution in [0.4, 0.5) is 0 Å². The number of hydrogen-bond acceptors (Lipinski definition) is 4. The predicted molar refractivity (Wildman–Crippen MR) is 263 cm³/mol. The molecule has 1 aromatic heterocycles. The third kappa shape index (κ3) is 10.2. The van der Waals surface area contributed by atoms with Gasteiger partial charge in [0.1, 0.15) is 5.84 Å². The monoisotopic (exact) mass is 823 g/mol. The SMILES string of the molecule is C=C/C(=C\C1=CC(C)(C)C2=C(CCC=C2)S1)CCC/C(=N\C(=N)C(=C)/C=C(\CC)C(=N)/N=C(\N=C\C1=c2sc3ccccc3c2=CCC1)c1ccccc1)c1ccccc1. The van der Waals surface area contributed by atoms with Gasteiger partial charge in [0.2, 0.25) is 0 Å². The van der Waals surface area contributed by atoms with Crippen molar-refractivity contribution in [2.45, 2.75) is 72.1 Å².